The Morgan fingerprint density at radius 1 is 0.476 bits per heavy atom. The summed E-state index contributed by atoms with van der Waals surface area (Å²) in [4.78, 5) is 0. The van der Waals surface area contributed by atoms with Gasteiger partial charge in [-0.15, -0.1) is 0 Å². The Balaban J connectivity index is -0.0000000533. The van der Waals surface area contributed by atoms with E-state index in [4.69, 9.17) is 21.0 Å². The van der Waals surface area contributed by atoms with Crippen molar-refractivity contribution in [1.29, 1.82) is 21.0 Å². The molecule has 0 rings (SSSR count). The molecule has 0 unspecified atom stereocenters. The number of nitrogens with zero attached hydrogens (tertiary/aromatic N) is 4. The Morgan fingerprint density at radius 2 is 0.619 bits per heavy atom. The molecule has 0 spiro atoms. The molecule has 0 aliphatic carbocycles. The predicted molar refractivity (Wildman–Crippen MR) is 82.1 cm³/mol. The van der Waals surface area contributed by atoms with Crippen LogP contribution in [0.4, 0.5) is 0 Å². The van der Waals surface area contributed by atoms with E-state index in [1.54, 1.807) is 0 Å². The van der Waals surface area contributed by atoms with Crippen molar-refractivity contribution in [2.45, 2.75) is 79.1 Å². The van der Waals surface area contributed by atoms with E-state index in [0.717, 1.165) is 25.7 Å². The normalized spacial score (nSPS) is 6.10. The molecule has 0 saturated carbocycles. The summed E-state index contributed by atoms with van der Waals surface area (Å²) in [6.07, 6.45) is 6.71. The van der Waals surface area contributed by atoms with E-state index in [9.17, 15) is 0 Å². The fourth-order valence-corrected chi connectivity index (χ4v) is 0.447. The molecule has 0 aliphatic heterocycles. The Bertz CT molecular complexity index is 238. The minimum absolute atomic E-state index is 0. The maximum atomic E-state index is 7.82. The van der Waals surface area contributed by atoms with Gasteiger partial charge in [0.15, 0.2) is 0 Å². The molecule has 21 heavy (non-hydrogen) atoms. The summed E-state index contributed by atoms with van der Waals surface area (Å²) in [5, 5.41) is 31.3. The van der Waals surface area contributed by atoms with Gasteiger partial charge < -0.3 is 0 Å². The van der Waals surface area contributed by atoms with Crippen LogP contribution in [0, 0.1) is 45.3 Å². The average molecular weight is 384 g/mol. The molecule has 0 radical (unpaired) electrons. The van der Waals surface area contributed by atoms with Crippen LogP contribution in [-0.4, -0.2) is 0 Å². The van der Waals surface area contributed by atoms with Crippen molar-refractivity contribution in [3.05, 3.63) is 0 Å². The summed E-state index contributed by atoms with van der Waals surface area (Å²) < 4.78 is 0. The molecule has 122 valence electrons. The largest absolute Gasteiger partial charge is 1.00 e. The average Bonchev–Trinajstić information content (AvgIpc) is 2.44. The van der Waals surface area contributed by atoms with E-state index in [-0.39, 0.29) is 22.4 Å². The van der Waals surface area contributed by atoms with Crippen LogP contribution in [0.2, 0.25) is 0 Å². The topological polar surface area (TPSA) is 95.2 Å². The van der Waals surface area contributed by atoms with Crippen LogP contribution < -0.4 is 0 Å². The first-order valence-electron chi connectivity index (χ1n) is 7.14. The van der Waals surface area contributed by atoms with Crippen LogP contribution in [0.25, 0.3) is 0 Å². The Labute approximate surface area is 146 Å². The molecule has 0 bridgehead atoms. The third-order valence-electron chi connectivity index (χ3n) is 1.45. The van der Waals surface area contributed by atoms with Gasteiger partial charge in [-0.2, -0.15) is 21.0 Å². The zero-order valence-corrected chi connectivity index (χ0v) is 15.2. The molecule has 4 nitrogen and oxygen atoms in total. The minimum Gasteiger partial charge on any atom is -0.198 e. The van der Waals surface area contributed by atoms with Crippen molar-refractivity contribution >= 4 is 0 Å². The van der Waals surface area contributed by atoms with Gasteiger partial charge >= 0.3 is 22.4 Å². The van der Waals surface area contributed by atoms with E-state index in [0.29, 0.717) is 25.7 Å². The minimum atomic E-state index is 0. The molecule has 0 N–H and O–H groups in total. The number of hydrogen-bond donors (Lipinski definition) is 0. The summed E-state index contributed by atoms with van der Waals surface area (Å²) in [6.45, 7) is 7.96. The third kappa shape index (κ3) is 116. The van der Waals surface area contributed by atoms with Gasteiger partial charge in [0.1, 0.15) is 0 Å². The van der Waals surface area contributed by atoms with E-state index in [1.807, 2.05) is 52.0 Å². The van der Waals surface area contributed by atoms with Gasteiger partial charge in [0.2, 0.25) is 0 Å². The van der Waals surface area contributed by atoms with E-state index < -0.39 is 0 Å². The molecule has 0 heterocycles. The molecule has 0 saturated heterocycles. The molecule has 0 fully saturated rings. The van der Waals surface area contributed by atoms with Gasteiger partial charge in [-0.25, -0.2) is 0 Å². The molecular weight excluding hydrogens is 356 g/mol. The molecule has 0 atom stereocenters. The monoisotopic (exact) mass is 383 g/mol. The zero-order valence-electron chi connectivity index (χ0n) is 13.7. The first kappa shape index (κ1) is 31.9. The fourth-order valence-electron chi connectivity index (χ4n) is 0.447. The summed E-state index contributed by atoms with van der Waals surface area (Å²) in [5.74, 6) is 0. The first-order chi connectivity index (χ1) is 9.66. The van der Waals surface area contributed by atoms with Gasteiger partial charge in [0.05, 0.1) is 24.3 Å². The summed E-state index contributed by atoms with van der Waals surface area (Å²) >= 11 is 0. The van der Waals surface area contributed by atoms with E-state index in [1.165, 1.54) is 0 Å². The molecule has 0 aromatic rings. The van der Waals surface area contributed by atoms with Crippen LogP contribution in [-0.2, 0) is 22.4 Å². The Hall–Kier alpha value is -1.30. The number of hydrogen-bond acceptors (Lipinski definition) is 4. The molecule has 0 aromatic carbocycles. The standard InChI is InChI=1S/4C4H7N.Ag/c4*1-2-3-4-5;/h4*2-3H2,1H3;/q;;;;+1. The van der Waals surface area contributed by atoms with Crippen molar-refractivity contribution < 1.29 is 22.4 Å². The van der Waals surface area contributed by atoms with E-state index >= 15 is 0 Å². The van der Waals surface area contributed by atoms with Crippen molar-refractivity contribution in [1.82, 2.24) is 0 Å². The van der Waals surface area contributed by atoms with Crippen molar-refractivity contribution in [3.63, 3.8) is 0 Å². The molecule has 5 heteroatoms. The second-order valence-corrected chi connectivity index (χ2v) is 3.63. The third-order valence-corrected chi connectivity index (χ3v) is 1.45. The zero-order chi connectivity index (χ0) is 16.5. The van der Waals surface area contributed by atoms with Gasteiger partial charge in [-0.1, -0.05) is 27.7 Å². The Kier molecular flexibility index (Phi) is 77.7. The van der Waals surface area contributed by atoms with Gasteiger partial charge in [-0.3, -0.25) is 0 Å². The van der Waals surface area contributed by atoms with Gasteiger partial charge in [0, 0.05) is 25.7 Å². The SMILES string of the molecule is CCCC#N.CCCC#N.CCCC#N.CCCC#N.[Ag+]. The second kappa shape index (κ2) is 51.2. The molecule has 0 aliphatic rings. The van der Waals surface area contributed by atoms with Crippen LogP contribution in [0.3, 0.4) is 0 Å². The number of nitriles is 4. The van der Waals surface area contributed by atoms with E-state index in [2.05, 4.69) is 0 Å². The smallest absolute Gasteiger partial charge is 0.198 e. The second-order valence-electron chi connectivity index (χ2n) is 3.63. The van der Waals surface area contributed by atoms with Crippen LogP contribution in [0.1, 0.15) is 79.1 Å². The van der Waals surface area contributed by atoms with Crippen molar-refractivity contribution in [2.75, 3.05) is 0 Å². The summed E-state index contributed by atoms with van der Waals surface area (Å²) in [6, 6.07) is 8.07. The van der Waals surface area contributed by atoms with Gasteiger partial charge in [0.25, 0.3) is 0 Å². The quantitative estimate of drug-likeness (QED) is 0.620. The molecule has 0 amide bonds. The number of rotatable bonds is 4. The maximum absolute atomic E-state index is 7.82. The van der Waals surface area contributed by atoms with Crippen LogP contribution >= 0.6 is 0 Å². The van der Waals surface area contributed by atoms with Crippen molar-refractivity contribution in [3.8, 4) is 24.3 Å². The van der Waals surface area contributed by atoms with Crippen LogP contribution in [0.5, 0.6) is 0 Å². The fraction of sp³-hybridized carbons (Fsp3) is 0.750. The molecular formula is C16H28AgN4+. The Morgan fingerprint density at radius 3 is 0.619 bits per heavy atom. The number of unbranched alkanes of at least 4 members (excludes halogenated alkanes) is 4. The molecule has 0 aromatic heterocycles. The summed E-state index contributed by atoms with van der Waals surface area (Å²) in [5.41, 5.74) is 0. The summed E-state index contributed by atoms with van der Waals surface area (Å²) in [7, 11) is 0. The van der Waals surface area contributed by atoms with Crippen molar-refractivity contribution in [2.24, 2.45) is 0 Å². The first-order valence-corrected chi connectivity index (χ1v) is 7.14. The maximum Gasteiger partial charge on any atom is 1.00 e. The van der Waals surface area contributed by atoms with Crippen LogP contribution in [0.15, 0.2) is 0 Å². The van der Waals surface area contributed by atoms with Gasteiger partial charge in [-0.05, 0) is 25.7 Å². The predicted octanol–water partition coefficient (Wildman–Crippen LogP) is 5.24.